The van der Waals surface area contributed by atoms with Crippen LogP contribution in [0, 0.1) is 24.0 Å². The minimum atomic E-state index is -0.397. The number of hydrogen-bond acceptors (Lipinski definition) is 5. The summed E-state index contributed by atoms with van der Waals surface area (Å²) in [5, 5.41) is 14.0. The van der Waals surface area contributed by atoms with E-state index < -0.39 is 4.92 Å². The molecule has 0 saturated carbocycles. The zero-order valence-corrected chi connectivity index (χ0v) is 12.3. The largest absolute Gasteiger partial charge is 0.345 e. The van der Waals surface area contributed by atoms with Gasteiger partial charge in [0.15, 0.2) is 0 Å². The Morgan fingerprint density at radius 3 is 2.70 bits per heavy atom. The van der Waals surface area contributed by atoms with E-state index in [9.17, 15) is 14.9 Å². The molecule has 20 heavy (non-hydrogen) atoms. The van der Waals surface area contributed by atoms with Gasteiger partial charge in [0.05, 0.1) is 17.2 Å². The van der Waals surface area contributed by atoms with Crippen molar-refractivity contribution in [3.63, 3.8) is 0 Å². The van der Waals surface area contributed by atoms with Crippen LogP contribution >= 0.6 is 0 Å². The molecule has 110 valence electrons. The Balaban J connectivity index is 2.73. The first kappa shape index (κ1) is 16.0. The van der Waals surface area contributed by atoms with E-state index in [4.69, 9.17) is 0 Å². The van der Waals surface area contributed by atoms with Gasteiger partial charge in [0.1, 0.15) is 0 Å². The molecular weight excluding hydrogens is 260 g/mol. The van der Waals surface area contributed by atoms with Crippen molar-refractivity contribution in [2.24, 2.45) is 0 Å². The molecule has 0 atom stereocenters. The number of carbonyl (C=O) groups is 1. The highest BCUT2D eigenvalue weighted by Crippen LogP contribution is 2.23. The highest BCUT2D eigenvalue weighted by molar-refractivity contribution is 5.77. The zero-order chi connectivity index (χ0) is 15.3. The second-order valence-corrected chi connectivity index (χ2v) is 4.63. The number of likely N-dealkylation sites (N-methyl/N-ethyl adjacent to an activating group) is 1. The number of nitro groups is 1. The van der Waals surface area contributed by atoms with Crippen molar-refractivity contribution in [1.82, 2.24) is 15.2 Å². The van der Waals surface area contributed by atoms with Gasteiger partial charge in [-0.25, -0.2) is 0 Å². The normalized spacial score (nSPS) is 10.4. The van der Waals surface area contributed by atoms with Crippen LogP contribution in [0.15, 0.2) is 6.20 Å². The van der Waals surface area contributed by atoms with E-state index in [-0.39, 0.29) is 18.1 Å². The molecule has 0 saturated heterocycles. The van der Waals surface area contributed by atoms with E-state index in [0.29, 0.717) is 29.9 Å². The van der Waals surface area contributed by atoms with Crippen LogP contribution < -0.4 is 5.32 Å². The van der Waals surface area contributed by atoms with Crippen LogP contribution in [-0.4, -0.2) is 40.9 Å². The van der Waals surface area contributed by atoms with E-state index in [1.165, 1.54) is 6.20 Å². The van der Waals surface area contributed by atoms with Gasteiger partial charge in [-0.1, -0.05) is 0 Å². The monoisotopic (exact) mass is 280 g/mol. The smallest absolute Gasteiger partial charge is 0.278 e. The summed E-state index contributed by atoms with van der Waals surface area (Å²) in [5.41, 5.74) is 1.76. The lowest BCUT2D eigenvalue weighted by Gasteiger charge is -2.15. The molecule has 1 heterocycles. The first-order valence-electron chi connectivity index (χ1n) is 6.42. The summed E-state index contributed by atoms with van der Waals surface area (Å²) in [6.45, 7) is 6.40. The highest BCUT2D eigenvalue weighted by Gasteiger charge is 2.18. The average Bonchev–Trinajstić information content (AvgIpc) is 2.39. The number of aromatic nitrogens is 1. The molecule has 1 aromatic rings. The Morgan fingerprint density at radius 1 is 1.50 bits per heavy atom. The summed E-state index contributed by atoms with van der Waals surface area (Å²) >= 11 is 0. The van der Waals surface area contributed by atoms with Crippen LogP contribution in [0.2, 0.25) is 0 Å². The fraction of sp³-hybridized carbons (Fsp3) is 0.538. The molecule has 0 radical (unpaired) electrons. The number of carbonyl (C=O) groups excluding carboxylic acids is 1. The predicted molar refractivity (Wildman–Crippen MR) is 75.4 cm³/mol. The second-order valence-electron chi connectivity index (χ2n) is 4.63. The van der Waals surface area contributed by atoms with Gasteiger partial charge in [-0.2, -0.15) is 0 Å². The Kier molecular flexibility index (Phi) is 5.57. The van der Waals surface area contributed by atoms with Crippen molar-refractivity contribution < 1.29 is 9.72 Å². The van der Waals surface area contributed by atoms with Gasteiger partial charge >= 0.3 is 0 Å². The van der Waals surface area contributed by atoms with E-state index >= 15 is 0 Å². The van der Waals surface area contributed by atoms with E-state index in [0.717, 1.165) is 0 Å². The maximum atomic E-state index is 11.6. The fourth-order valence-corrected chi connectivity index (χ4v) is 1.82. The van der Waals surface area contributed by atoms with Crippen LogP contribution in [-0.2, 0) is 11.3 Å². The summed E-state index contributed by atoms with van der Waals surface area (Å²) in [6, 6.07) is 0. The van der Waals surface area contributed by atoms with E-state index in [1.54, 1.807) is 25.8 Å². The van der Waals surface area contributed by atoms with Gasteiger partial charge in [-0.15, -0.1) is 0 Å². The molecule has 7 heteroatoms. The van der Waals surface area contributed by atoms with E-state index in [1.807, 2.05) is 6.92 Å². The van der Waals surface area contributed by atoms with Crippen LogP contribution in [0.25, 0.3) is 0 Å². The number of hydrogen-bond donors (Lipinski definition) is 1. The first-order valence-corrected chi connectivity index (χ1v) is 6.42. The number of nitrogens with zero attached hydrogens (tertiary/aromatic N) is 3. The topological polar surface area (TPSA) is 88.4 Å². The standard InChI is InChI=1S/C13H20N4O3/c1-5-16(4)12(18)8-14-7-11-10(3)13(17(19)20)9(2)6-15-11/h6,14H,5,7-8H2,1-4H3. The Bertz CT molecular complexity index is 517. The van der Waals surface area contributed by atoms with Crippen molar-refractivity contribution in [1.29, 1.82) is 0 Å². The minimum Gasteiger partial charge on any atom is -0.345 e. The van der Waals surface area contributed by atoms with Crippen molar-refractivity contribution in [3.05, 3.63) is 33.1 Å². The number of pyridine rings is 1. The third-order valence-corrected chi connectivity index (χ3v) is 3.23. The van der Waals surface area contributed by atoms with Gasteiger partial charge in [0.2, 0.25) is 5.91 Å². The third kappa shape index (κ3) is 3.74. The summed E-state index contributed by atoms with van der Waals surface area (Å²) in [7, 11) is 1.73. The lowest BCUT2D eigenvalue weighted by Crippen LogP contribution is -2.35. The molecule has 1 N–H and O–H groups in total. The van der Waals surface area contributed by atoms with Crippen LogP contribution in [0.4, 0.5) is 5.69 Å². The number of rotatable bonds is 6. The van der Waals surface area contributed by atoms with Crippen molar-refractivity contribution >= 4 is 11.6 Å². The van der Waals surface area contributed by atoms with Crippen LogP contribution in [0.5, 0.6) is 0 Å². The summed E-state index contributed by atoms with van der Waals surface area (Å²) in [5.74, 6) is -0.0215. The molecule has 0 spiro atoms. The van der Waals surface area contributed by atoms with Gasteiger partial charge in [0.25, 0.3) is 5.69 Å². The number of aryl methyl sites for hydroxylation is 1. The molecule has 0 aliphatic carbocycles. The number of nitrogens with one attached hydrogen (secondary N) is 1. The molecule has 0 aliphatic heterocycles. The maximum absolute atomic E-state index is 11.6. The second kappa shape index (κ2) is 6.95. The summed E-state index contributed by atoms with van der Waals surface area (Å²) in [4.78, 5) is 28.0. The predicted octanol–water partition coefficient (Wildman–Crippen LogP) is 1.17. The minimum absolute atomic E-state index is 0.0215. The Hall–Kier alpha value is -2.02. The Labute approximate surface area is 118 Å². The lowest BCUT2D eigenvalue weighted by atomic mass is 10.1. The average molecular weight is 280 g/mol. The van der Waals surface area contributed by atoms with Gasteiger partial charge < -0.3 is 10.2 Å². The molecular formula is C13H20N4O3. The van der Waals surface area contributed by atoms with Crippen molar-refractivity contribution in [2.45, 2.75) is 27.3 Å². The summed E-state index contributed by atoms with van der Waals surface area (Å²) < 4.78 is 0. The molecule has 1 rings (SSSR count). The Morgan fingerprint density at radius 2 is 2.15 bits per heavy atom. The molecule has 1 aromatic heterocycles. The quantitative estimate of drug-likeness (QED) is 0.624. The van der Waals surface area contributed by atoms with E-state index in [2.05, 4.69) is 10.3 Å². The molecule has 7 nitrogen and oxygen atoms in total. The maximum Gasteiger partial charge on any atom is 0.278 e. The zero-order valence-electron chi connectivity index (χ0n) is 12.3. The molecule has 0 bridgehead atoms. The molecule has 0 fully saturated rings. The third-order valence-electron chi connectivity index (χ3n) is 3.23. The first-order chi connectivity index (χ1) is 9.38. The number of amides is 1. The molecule has 1 amide bonds. The SMILES string of the molecule is CCN(C)C(=O)CNCc1ncc(C)c([N+](=O)[O-])c1C. The van der Waals surface area contributed by atoms with Crippen molar-refractivity contribution in [2.75, 3.05) is 20.1 Å². The van der Waals surface area contributed by atoms with Crippen LogP contribution in [0.3, 0.4) is 0 Å². The molecule has 0 aliphatic rings. The highest BCUT2D eigenvalue weighted by atomic mass is 16.6. The van der Waals surface area contributed by atoms with Crippen molar-refractivity contribution in [3.8, 4) is 0 Å². The molecule has 0 unspecified atom stereocenters. The van der Waals surface area contributed by atoms with Crippen LogP contribution in [0.1, 0.15) is 23.7 Å². The molecule has 0 aromatic carbocycles. The summed E-state index contributed by atoms with van der Waals surface area (Å²) in [6.07, 6.45) is 1.49. The lowest BCUT2D eigenvalue weighted by molar-refractivity contribution is -0.386. The fourth-order valence-electron chi connectivity index (χ4n) is 1.82. The van der Waals surface area contributed by atoms with Gasteiger partial charge in [-0.3, -0.25) is 19.9 Å². The van der Waals surface area contributed by atoms with Gasteiger partial charge in [0, 0.05) is 37.5 Å². The van der Waals surface area contributed by atoms with Gasteiger partial charge in [-0.05, 0) is 20.8 Å².